The van der Waals surface area contributed by atoms with Crippen LogP contribution in [0.15, 0.2) is 59.1 Å². The monoisotopic (exact) mass is 548 g/mol. The highest BCUT2D eigenvalue weighted by Crippen LogP contribution is 2.36. The molecule has 0 saturated carbocycles. The number of anilines is 1. The number of hydrogen-bond acceptors (Lipinski definition) is 8. The Morgan fingerprint density at radius 2 is 2.11 bits per heavy atom. The van der Waals surface area contributed by atoms with Crippen molar-refractivity contribution in [2.45, 2.75) is 29.6 Å². The van der Waals surface area contributed by atoms with Crippen molar-refractivity contribution in [1.82, 2.24) is 14.3 Å². The van der Waals surface area contributed by atoms with Gasteiger partial charge in [0.05, 0.1) is 28.2 Å². The van der Waals surface area contributed by atoms with Gasteiger partial charge >= 0.3 is 0 Å². The minimum atomic E-state index is -3.86. The number of aromatic nitrogens is 2. The SMILES string of the molecule is COc1ccc2sc(N(Cc3cccnc3)C(=O)C3CCCN3S(=O)(=O)c3ccc(Cl)s3)nc2c1. The van der Waals surface area contributed by atoms with Crippen LogP contribution in [0, 0.1) is 0 Å². The first-order valence-electron chi connectivity index (χ1n) is 10.8. The van der Waals surface area contributed by atoms with Gasteiger partial charge in [0, 0.05) is 25.0 Å². The summed E-state index contributed by atoms with van der Waals surface area (Å²) in [6, 6.07) is 11.4. The molecule has 35 heavy (non-hydrogen) atoms. The Hall–Kier alpha value is -2.57. The van der Waals surface area contributed by atoms with E-state index in [2.05, 4.69) is 4.98 Å². The van der Waals surface area contributed by atoms with Crippen LogP contribution in [0.1, 0.15) is 18.4 Å². The van der Waals surface area contributed by atoms with Gasteiger partial charge in [-0.1, -0.05) is 29.0 Å². The molecule has 0 bridgehead atoms. The maximum Gasteiger partial charge on any atom is 0.253 e. The maximum absolute atomic E-state index is 14.0. The number of thiophene rings is 1. The van der Waals surface area contributed by atoms with Crippen molar-refractivity contribution in [2.75, 3.05) is 18.6 Å². The van der Waals surface area contributed by atoms with Crippen LogP contribution in [0.25, 0.3) is 10.2 Å². The summed E-state index contributed by atoms with van der Waals surface area (Å²) in [4.78, 5) is 24.4. The molecule has 1 unspecified atom stereocenters. The summed E-state index contributed by atoms with van der Waals surface area (Å²) in [5.74, 6) is 0.353. The molecule has 1 aliphatic heterocycles. The highest BCUT2D eigenvalue weighted by molar-refractivity contribution is 7.91. The van der Waals surface area contributed by atoms with Crippen LogP contribution < -0.4 is 9.64 Å². The van der Waals surface area contributed by atoms with E-state index in [9.17, 15) is 13.2 Å². The summed E-state index contributed by atoms with van der Waals surface area (Å²) in [5, 5.41) is 0.491. The molecular weight excluding hydrogens is 528 g/mol. The van der Waals surface area contributed by atoms with Gasteiger partial charge in [0.1, 0.15) is 16.0 Å². The Morgan fingerprint density at radius 1 is 1.26 bits per heavy atom. The number of fused-ring (bicyclic) bond motifs is 1. The number of thiazole rings is 1. The number of rotatable bonds is 7. The number of benzene rings is 1. The number of sulfonamides is 1. The van der Waals surface area contributed by atoms with Crippen molar-refractivity contribution < 1.29 is 17.9 Å². The average Bonchev–Trinajstić information content (AvgIpc) is 3.61. The lowest BCUT2D eigenvalue weighted by molar-refractivity contribution is -0.121. The van der Waals surface area contributed by atoms with E-state index in [0.29, 0.717) is 33.6 Å². The minimum absolute atomic E-state index is 0.132. The number of carbonyl (C=O) groups is 1. The fourth-order valence-corrected chi connectivity index (χ4v) is 8.27. The van der Waals surface area contributed by atoms with Crippen LogP contribution in [0.5, 0.6) is 5.75 Å². The summed E-state index contributed by atoms with van der Waals surface area (Å²) < 4.78 is 34.7. The molecule has 12 heteroatoms. The summed E-state index contributed by atoms with van der Waals surface area (Å²) in [6.45, 7) is 0.491. The Labute approximate surface area is 215 Å². The summed E-state index contributed by atoms with van der Waals surface area (Å²) >= 11 is 8.36. The highest BCUT2D eigenvalue weighted by atomic mass is 35.5. The third-order valence-electron chi connectivity index (χ3n) is 5.74. The third kappa shape index (κ3) is 4.78. The molecule has 0 N–H and O–H groups in total. The first-order valence-corrected chi connectivity index (χ1v) is 14.2. The molecule has 8 nitrogen and oxygen atoms in total. The van der Waals surface area contributed by atoms with E-state index in [1.807, 2.05) is 24.3 Å². The molecule has 3 aromatic heterocycles. The predicted octanol–water partition coefficient (Wildman–Crippen LogP) is 4.80. The molecule has 1 atom stereocenters. The minimum Gasteiger partial charge on any atom is -0.497 e. The second-order valence-corrected chi connectivity index (χ2v) is 12.8. The molecule has 4 aromatic rings. The number of methoxy groups -OCH3 is 1. The summed E-state index contributed by atoms with van der Waals surface area (Å²) in [7, 11) is -2.27. The Balaban J connectivity index is 1.52. The lowest BCUT2D eigenvalue weighted by atomic mass is 10.2. The Morgan fingerprint density at radius 3 is 2.83 bits per heavy atom. The van der Waals surface area contributed by atoms with Crippen molar-refractivity contribution in [1.29, 1.82) is 0 Å². The summed E-state index contributed by atoms with van der Waals surface area (Å²) in [6.07, 6.45) is 4.37. The van der Waals surface area contributed by atoms with Gasteiger partial charge in [-0.2, -0.15) is 4.31 Å². The topological polar surface area (TPSA) is 92.7 Å². The van der Waals surface area contributed by atoms with Crippen molar-refractivity contribution >= 4 is 65.6 Å². The fourth-order valence-electron chi connectivity index (χ4n) is 4.06. The van der Waals surface area contributed by atoms with Gasteiger partial charge in [-0.25, -0.2) is 13.4 Å². The molecule has 0 spiro atoms. The number of nitrogens with zero attached hydrogens (tertiary/aromatic N) is 4. The molecule has 1 fully saturated rings. The van der Waals surface area contributed by atoms with Gasteiger partial charge < -0.3 is 4.74 Å². The largest absolute Gasteiger partial charge is 0.497 e. The van der Waals surface area contributed by atoms with E-state index in [-0.39, 0.29) is 23.2 Å². The van der Waals surface area contributed by atoms with Gasteiger partial charge in [-0.05, 0) is 48.7 Å². The molecule has 1 aromatic carbocycles. The predicted molar refractivity (Wildman–Crippen MR) is 138 cm³/mol. The second kappa shape index (κ2) is 9.82. The molecule has 182 valence electrons. The number of ether oxygens (including phenoxy) is 1. The van der Waals surface area contributed by atoms with Crippen LogP contribution >= 0.6 is 34.3 Å². The molecule has 1 saturated heterocycles. The van der Waals surface area contributed by atoms with Crippen LogP contribution in [0.2, 0.25) is 4.34 Å². The molecule has 0 radical (unpaired) electrons. The Kier molecular flexibility index (Phi) is 6.78. The van der Waals surface area contributed by atoms with E-state index in [1.165, 1.54) is 21.7 Å². The van der Waals surface area contributed by atoms with E-state index in [0.717, 1.165) is 21.6 Å². The van der Waals surface area contributed by atoms with Gasteiger partial charge in [-0.3, -0.25) is 14.7 Å². The third-order valence-corrected chi connectivity index (χ3v) is 10.4. The Bertz CT molecular complexity index is 1470. The van der Waals surface area contributed by atoms with Crippen molar-refractivity contribution in [2.24, 2.45) is 0 Å². The first kappa shape index (κ1) is 24.1. The maximum atomic E-state index is 14.0. The fraction of sp³-hybridized carbons (Fsp3) is 0.261. The number of carbonyl (C=O) groups excluding carboxylic acids is 1. The highest BCUT2D eigenvalue weighted by Gasteiger charge is 2.42. The smallest absolute Gasteiger partial charge is 0.253 e. The van der Waals surface area contributed by atoms with Crippen LogP contribution in [0.3, 0.4) is 0 Å². The first-order chi connectivity index (χ1) is 16.9. The number of amides is 1. The van der Waals surface area contributed by atoms with Crippen molar-refractivity contribution in [3.8, 4) is 5.75 Å². The molecule has 1 aliphatic rings. The zero-order valence-corrected chi connectivity index (χ0v) is 21.8. The van der Waals surface area contributed by atoms with E-state index >= 15 is 0 Å². The zero-order valence-electron chi connectivity index (χ0n) is 18.6. The van der Waals surface area contributed by atoms with Crippen LogP contribution in [-0.2, 0) is 21.4 Å². The lowest BCUT2D eigenvalue weighted by Crippen LogP contribution is -2.47. The normalized spacial score (nSPS) is 16.6. The van der Waals surface area contributed by atoms with Gasteiger partial charge in [0.15, 0.2) is 5.13 Å². The van der Waals surface area contributed by atoms with Crippen molar-refractivity contribution in [3.63, 3.8) is 0 Å². The van der Waals surface area contributed by atoms with Crippen LogP contribution in [0.4, 0.5) is 5.13 Å². The van der Waals surface area contributed by atoms with Crippen LogP contribution in [-0.4, -0.2) is 48.3 Å². The second-order valence-electron chi connectivity index (χ2n) is 7.95. The molecule has 1 amide bonds. The number of hydrogen-bond donors (Lipinski definition) is 0. The standard InChI is InChI=1S/C23H21ClN4O4S3/c1-32-16-6-7-19-17(12-16)26-23(33-19)27(14-15-4-2-10-25-13-15)22(29)18-5-3-11-28(18)35(30,31)21-9-8-20(24)34-21/h2,4,6-10,12-13,18H,3,5,11,14H2,1H3. The molecule has 5 rings (SSSR count). The molecule has 4 heterocycles. The quantitative estimate of drug-likeness (QED) is 0.329. The van der Waals surface area contributed by atoms with Gasteiger partial charge in [-0.15, -0.1) is 11.3 Å². The van der Waals surface area contributed by atoms with E-state index in [1.54, 1.807) is 36.5 Å². The number of pyridine rings is 1. The zero-order chi connectivity index (χ0) is 24.6. The van der Waals surface area contributed by atoms with E-state index < -0.39 is 16.1 Å². The van der Waals surface area contributed by atoms with E-state index in [4.69, 9.17) is 21.3 Å². The van der Waals surface area contributed by atoms with Gasteiger partial charge in [0.25, 0.3) is 10.0 Å². The van der Waals surface area contributed by atoms with Crippen molar-refractivity contribution in [3.05, 3.63) is 64.8 Å². The average molecular weight is 549 g/mol. The molecular formula is C23H21ClN4O4S3. The molecule has 0 aliphatic carbocycles. The lowest BCUT2D eigenvalue weighted by Gasteiger charge is -2.28. The number of halogens is 1. The summed E-state index contributed by atoms with van der Waals surface area (Å²) in [5.41, 5.74) is 1.52. The van der Waals surface area contributed by atoms with Gasteiger partial charge in [0.2, 0.25) is 5.91 Å².